The predicted octanol–water partition coefficient (Wildman–Crippen LogP) is 5.99. The third-order valence-corrected chi connectivity index (χ3v) is 10.6. The summed E-state index contributed by atoms with van der Waals surface area (Å²) in [7, 11) is 0. The van der Waals surface area contributed by atoms with Gasteiger partial charge in [0.2, 0.25) is 5.91 Å². The van der Waals surface area contributed by atoms with Crippen molar-refractivity contribution >= 4 is 28.9 Å². The molecule has 1 aliphatic heterocycles. The molecule has 3 aromatic carbocycles. The van der Waals surface area contributed by atoms with E-state index in [4.69, 9.17) is 20.4 Å². The number of carboxylic acids is 2. The first kappa shape index (κ1) is 46.0. The number of alkyl halides is 3. The molecule has 3 heterocycles. The highest BCUT2D eigenvalue weighted by atomic mass is 19.4. The molecule has 0 radical (unpaired) electrons. The number of aliphatic hydroxyl groups excluding tert-OH is 2. The lowest BCUT2D eigenvalue weighted by Gasteiger charge is -2.40. The van der Waals surface area contributed by atoms with Gasteiger partial charge in [0.25, 0.3) is 0 Å². The van der Waals surface area contributed by atoms with E-state index in [0.29, 0.717) is 28.3 Å². The number of carboxylic acid groups (broad SMARTS) is 2. The molecule has 1 aliphatic rings. The second-order valence-electron chi connectivity index (χ2n) is 14.9. The Balaban J connectivity index is 0.000000626. The molecule has 2 atom stereocenters. The topological polar surface area (TPSA) is 184 Å². The second-order valence-corrected chi connectivity index (χ2v) is 14.9. The van der Waals surface area contributed by atoms with E-state index >= 15 is 0 Å². The number of aliphatic carboxylic acids is 2. The van der Waals surface area contributed by atoms with Gasteiger partial charge in [0.05, 0.1) is 17.4 Å². The number of nitrogens with one attached hydrogen (secondary N) is 1. The Kier molecular flexibility index (Phi) is 15.1. The van der Waals surface area contributed by atoms with Gasteiger partial charge in [-0.25, -0.2) is 23.4 Å². The molecule has 0 spiro atoms. The lowest BCUT2D eigenvalue weighted by Crippen LogP contribution is -2.49. The first-order valence-corrected chi connectivity index (χ1v) is 19.4. The van der Waals surface area contributed by atoms with Gasteiger partial charge >= 0.3 is 18.1 Å². The van der Waals surface area contributed by atoms with E-state index in [0.717, 1.165) is 55.3 Å². The summed E-state index contributed by atoms with van der Waals surface area (Å²) in [6, 6.07) is 19.9. The van der Waals surface area contributed by atoms with Crippen LogP contribution in [-0.4, -0.2) is 95.4 Å². The lowest BCUT2D eigenvalue weighted by molar-refractivity contribution is -0.165. The molecule has 1 fully saturated rings. The highest BCUT2D eigenvalue weighted by Crippen LogP contribution is 2.31. The number of aromatic nitrogens is 2. The maximum Gasteiger partial charge on any atom is 0.416 e. The van der Waals surface area contributed by atoms with Gasteiger partial charge in [-0.05, 0) is 92.1 Å². The van der Waals surface area contributed by atoms with Gasteiger partial charge in [0, 0.05) is 49.2 Å². The molecule has 61 heavy (non-hydrogen) atoms. The maximum atomic E-state index is 14.6. The summed E-state index contributed by atoms with van der Waals surface area (Å²) in [6.07, 6.45) is -5.85. The normalized spacial score (nSPS) is 14.6. The van der Waals surface area contributed by atoms with Crippen molar-refractivity contribution in [3.05, 3.63) is 135 Å². The zero-order chi connectivity index (χ0) is 44.6. The minimum atomic E-state index is -4.42. The highest BCUT2D eigenvalue weighted by Gasteiger charge is 2.32. The number of carbonyl (C=O) groups is 3. The van der Waals surface area contributed by atoms with Gasteiger partial charge in [0.15, 0.2) is 29.3 Å². The minimum absolute atomic E-state index is 0.0897. The molecule has 5 N–H and O–H groups in total. The Morgan fingerprint density at radius 2 is 1.44 bits per heavy atom. The number of aryl methyl sites for hydroxylation is 2. The quantitative estimate of drug-likeness (QED) is 0.0882. The maximum absolute atomic E-state index is 14.6. The first-order chi connectivity index (χ1) is 28.8. The number of benzene rings is 3. The Hall–Kier alpha value is -6.04. The van der Waals surface area contributed by atoms with E-state index in [-0.39, 0.29) is 54.3 Å². The monoisotopic (exact) mass is 852 g/mol. The van der Waals surface area contributed by atoms with Crippen molar-refractivity contribution in [2.24, 2.45) is 0 Å². The van der Waals surface area contributed by atoms with Crippen LogP contribution < -0.4 is 5.43 Å². The van der Waals surface area contributed by atoms with E-state index in [1.54, 1.807) is 18.3 Å². The van der Waals surface area contributed by atoms with Crippen molar-refractivity contribution in [3.63, 3.8) is 0 Å². The third-order valence-electron chi connectivity index (χ3n) is 10.6. The molecule has 0 bridgehead atoms. The van der Waals surface area contributed by atoms with Gasteiger partial charge in [-0.15, -0.1) is 0 Å². The summed E-state index contributed by atoms with van der Waals surface area (Å²) in [5.74, 6) is -5.68. The van der Waals surface area contributed by atoms with Crippen molar-refractivity contribution in [3.8, 4) is 11.1 Å². The zero-order valence-electron chi connectivity index (χ0n) is 33.2. The van der Waals surface area contributed by atoms with Crippen LogP contribution in [0.2, 0.25) is 0 Å². The number of nitrogens with zero attached hydrogens (tertiary/aromatic N) is 3. The Labute approximate surface area is 346 Å². The first-order valence-electron chi connectivity index (χ1n) is 19.4. The fourth-order valence-corrected chi connectivity index (χ4v) is 7.12. The Morgan fingerprint density at radius 3 is 2.00 bits per heavy atom. The third kappa shape index (κ3) is 11.6. The number of piperidine rings is 1. The molecular formula is C44H45F5N4O8. The van der Waals surface area contributed by atoms with Gasteiger partial charge in [0.1, 0.15) is 5.65 Å². The fraction of sp³-hybridized carbons (Fsp3) is 0.341. The number of aliphatic hydroxyl groups is 2. The minimum Gasteiger partial charge on any atom is -0.479 e. The number of amides is 1. The number of H-pyrrole nitrogens is 1. The lowest BCUT2D eigenvalue weighted by atomic mass is 9.97. The van der Waals surface area contributed by atoms with E-state index in [9.17, 15) is 41.1 Å². The number of halogens is 5. The van der Waals surface area contributed by atoms with E-state index < -0.39 is 47.5 Å². The number of hydrogen-bond donors (Lipinski definition) is 5. The van der Waals surface area contributed by atoms with Crippen LogP contribution in [0.1, 0.15) is 54.6 Å². The molecule has 0 aliphatic carbocycles. The van der Waals surface area contributed by atoms with Crippen LogP contribution in [0.4, 0.5) is 22.0 Å². The van der Waals surface area contributed by atoms with Crippen molar-refractivity contribution in [1.29, 1.82) is 0 Å². The van der Waals surface area contributed by atoms with Crippen molar-refractivity contribution in [2.45, 2.75) is 83.0 Å². The number of carbonyl (C=O) groups excluding carboxylic acids is 1. The van der Waals surface area contributed by atoms with Gasteiger partial charge < -0.3 is 35.2 Å². The number of pyridine rings is 2. The number of likely N-dealkylation sites (tertiary alicyclic amines) is 1. The van der Waals surface area contributed by atoms with E-state index in [2.05, 4.69) is 28.7 Å². The predicted molar refractivity (Wildman–Crippen MR) is 214 cm³/mol. The van der Waals surface area contributed by atoms with Crippen molar-refractivity contribution < 1.29 is 56.8 Å². The van der Waals surface area contributed by atoms with Crippen LogP contribution in [0.5, 0.6) is 0 Å². The smallest absolute Gasteiger partial charge is 0.416 e. The van der Waals surface area contributed by atoms with Crippen LogP contribution in [-0.2, 0) is 46.4 Å². The average molecular weight is 853 g/mol. The summed E-state index contributed by atoms with van der Waals surface area (Å²) >= 11 is 0. The van der Waals surface area contributed by atoms with Crippen molar-refractivity contribution in [2.75, 3.05) is 13.1 Å². The molecule has 1 amide bonds. The molecule has 324 valence electrons. The number of rotatable bonds is 13. The molecule has 0 saturated carbocycles. The van der Waals surface area contributed by atoms with Crippen LogP contribution in [0, 0.1) is 11.6 Å². The molecule has 1 saturated heterocycles. The van der Waals surface area contributed by atoms with Crippen LogP contribution in [0.3, 0.4) is 0 Å². The fourth-order valence-electron chi connectivity index (χ4n) is 7.12. The number of aromatic amines is 1. The van der Waals surface area contributed by atoms with Crippen molar-refractivity contribution in [1.82, 2.24) is 19.8 Å². The van der Waals surface area contributed by atoms with E-state index in [1.165, 1.54) is 24.3 Å². The summed E-state index contributed by atoms with van der Waals surface area (Å²) in [6.45, 7) is 6.17. The number of fused-ring (bicyclic) bond motifs is 1. The summed E-state index contributed by atoms with van der Waals surface area (Å²) in [5.41, 5.74) is 2.38. The summed E-state index contributed by atoms with van der Waals surface area (Å²) < 4.78 is 67.8. The second kappa shape index (κ2) is 20.0. The molecular weight excluding hydrogens is 807 g/mol. The van der Waals surface area contributed by atoms with Gasteiger partial charge in [-0.3, -0.25) is 9.59 Å². The molecule has 17 heteroatoms. The van der Waals surface area contributed by atoms with Crippen LogP contribution >= 0.6 is 0 Å². The van der Waals surface area contributed by atoms with Crippen LogP contribution in [0.25, 0.3) is 22.2 Å². The average Bonchev–Trinajstić information content (AvgIpc) is 3.24. The molecule has 2 unspecified atom stereocenters. The number of hydrogen-bond acceptors (Lipinski definition) is 8. The molecule has 5 aromatic rings. The Morgan fingerprint density at radius 1 is 0.852 bits per heavy atom. The molecule has 12 nitrogen and oxygen atoms in total. The van der Waals surface area contributed by atoms with Crippen LogP contribution in [0.15, 0.2) is 89.9 Å². The zero-order valence-corrected chi connectivity index (χ0v) is 33.2. The standard InChI is InChI=1S/C40H39F5N4O2.C4H6O6/c1-25(2)48-21-18-31(19-22-48)49(24-26-8-10-27(11-9-26)28-12-15-30(16-13-28)40(43,44)45)36(50)23-33-35(17-14-29-5-3-7-34(41)37(29)42)47-39-32(38(33)51)6-4-20-46-39;5-1(3(7)8)2(6)4(9)10/h3-13,15-16,20,25,31H,14,17-19,21-24H2,1-2H3,(H,46,47,51);1-2,5-6H,(H,7,8)(H,9,10). The molecule has 2 aromatic heterocycles. The summed E-state index contributed by atoms with van der Waals surface area (Å²) in [5, 5.41) is 32.9. The molecule has 6 rings (SSSR count). The van der Waals surface area contributed by atoms with Gasteiger partial charge in [-0.1, -0.05) is 48.5 Å². The van der Waals surface area contributed by atoms with Gasteiger partial charge in [-0.2, -0.15) is 13.2 Å². The Bertz CT molecular complexity index is 2360. The largest absolute Gasteiger partial charge is 0.479 e. The SMILES string of the molecule is CC(C)N1CCC(N(Cc2ccc(-c3ccc(C(F)(F)F)cc3)cc2)C(=O)Cc2c(CCc3cccc(F)c3F)[nH]c3ncccc3c2=O)CC1.O=C(O)C(O)C(O)C(=O)O. The highest BCUT2D eigenvalue weighted by molar-refractivity contribution is 5.83. The summed E-state index contributed by atoms with van der Waals surface area (Å²) in [4.78, 5) is 59.5. The van der Waals surface area contributed by atoms with E-state index in [1.807, 2.05) is 29.2 Å².